The number of carbonyl (C=O) groups is 1. The van der Waals surface area contributed by atoms with Gasteiger partial charge < -0.3 is 15.5 Å². The summed E-state index contributed by atoms with van der Waals surface area (Å²) in [5, 5.41) is 22.8. The number of aliphatic hydroxyl groups excluding tert-OH is 2. The molecule has 0 aromatic heterocycles. The summed E-state index contributed by atoms with van der Waals surface area (Å²) in [4.78, 5) is 12.1. The summed E-state index contributed by atoms with van der Waals surface area (Å²) in [5.74, 6) is -0.498. The van der Waals surface area contributed by atoms with Crippen molar-refractivity contribution in [1.29, 1.82) is 0 Å². The van der Waals surface area contributed by atoms with E-state index in [2.05, 4.69) is 5.32 Å². The molecule has 1 unspecified atom stereocenters. The SMILES string of the molecule is CCC(CC)(CCO)CNC(=O)C(O)c1cc(Cl)cc(Cl)c1. The van der Waals surface area contributed by atoms with Crippen molar-refractivity contribution < 1.29 is 15.0 Å². The van der Waals surface area contributed by atoms with Crippen LogP contribution in [0.4, 0.5) is 0 Å². The van der Waals surface area contributed by atoms with E-state index in [9.17, 15) is 15.0 Å². The van der Waals surface area contributed by atoms with Crippen molar-refractivity contribution >= 4 is 29.1 Å². The normalized spacial score (nSPS) is 13.0. The lowest BCUT2D eigenvalue weighted by molar-refractivity contribution is -0.130. The second kappa shape index (κ2) is 8.73. The van der Waals surface area contributed by atoms with Gasteiger partial charge in [-0.1, -0.05) is 37.0 Å². The summed E-state index contributed by atoms with van der Waals surface area (Å²) in [6, 6.07) is 4.56. The summed E-state index contributed by atoms with van der Waals surface area (Å²) in [6.45, 7) is 4.53. The van der Waals surface area contributed by atoms with E-state index >= 15 is 0 Å². The van der Waals surface area contributed by atoms with Gasteiger partial charge in [0.1, 0.15) is 0 Å². The highest BCUT2D eigenvalue weighted by Gasteiger charge is 2.27. The third-order valence-electron chi connectivity index (χ3n) is 4.23. The quantitative estimate of drug-likeness (QED) is 0.675. The maximum atomic E-state index is 12.1. The van der Waals surface area contributed by atoms with Crippen molar-refractivity contribution in [2.45, 2.75) is 39.2 Å². The molecule has 6 heteroatoms. The van der Waals surface area contributed by atoms with E-state index in [0.717, 1.165) is 12.8 Å². The maximum Gasteiger partial charge on any atom is 0.253 e. The van der Waals surface area contributed by atoms with E-state index in [4.69, 9.17) is 23.2 Å². The standard InChI is InChI=1S/C16H23Cl2NO3/c1-3-16(4-2,5-6-20)10-19-15(22)14(21)11-7-12(17)9-13(18)8-11/h7-9,14,20-21H,3-6,10H2,1-2H3,(H,19,22). The topological polar surface area (TPSA) is 69.6 Å². The third-order valence-corrected chi connectivity index (χ3v) is 4.67. The highest BCUT2D eigenvalue weighted by atomic mass is 35.5. The first-order valence-corrected chi connectivity index (χ1v) is 8.15. The molecule has 1 atom stereocenters. The summed E-state index contributed by atoms with van der Waals surface area (Å²) in [5.41, 5.74) is 0.201. The number of hydrogen-bond acceptors (Lipinski definition) is 3. The van der Waals surface area contributed by atoms with E-state index in [1.807, 2.05) is 13.8 Å². The molecule has 1 rings (SSSR count). The van der Waals surface area contributed by atoms with Crippen molar-refractivity contribution in [3.8, 4) is 0 Å². The first kappa shape index (κ1) is 19.2. The molecule has 0 saturated carbocycles. The van der Waals surface area contributed by atoms with Crippen molar-refractivity contribution in [3.63, 3.8) is 0 Å². The molecule has 0 bridgehead atoms. The molecule has 0 aliphatic rings. The van der Waals surface area contributed by atoms with E-state index < -0.39 is 12.0 Å². The lowest BCUT2D eigenvalue weighted by atomic mass is 9.79. The molecule has 0 aliphatic heterocycles. The van der Waals surface area contributed by atoms with Crippen LogP contribution in [0, 0.1) is 5.41 Å². The Kier molecular flexibility index (Phi) is 7.63. The van der Waals surface area contributed by atoms with Crippen LogP contribution in [0.15, 0.2) is 18.2 Å². The smallest absolute Gasteiger partial charge is 0.253 e. The number of nitrogens with one attached hydrogen (secondary N) is 1. The van der Waals surface area contributed by atoms with Crippen LogP contribution < -0.4 is 5.32 Å². The van der Waals surface area contributed by atoms with Gasteiger partial charge in [0, 0.05) is 23.2 Å². The number of rotatable bonds is 8. The summed E-state index contributed by atoms with van der Waals surface area (Å²) < 4.78 is 0. The molecule has 1 amide bonds. The Morgan fingerprint density at radius 2 is 1.77 bits per heavy atom. The molecule has 1 aromatic carbocycles. The van der Waals surface area contributed by atoms with Crippen LogP contribution in [-0.2, 0) is 4.79 Å². The van der Waals surface area contributed by atoms with Crippen molar-refractivity contribution in [3.05, 3.63) is 33.8 Å². The van der Waals surface area contributed by atoms with Crippen LogP contribution in [0.1, 0.15) is 44.8 Å². The van der Waals surface area contributed by atoms with E-state index in [1.165, 1.54) is 18.2 Å². The molecule has 22 heavy (non-hydrogen) atoms. The number of halogens is 2. The predicted molar refractivity (Wildman–Crippen MR) is 89.1 cm³/mol. The summed E-state index contributed by atoms with van der Waals surface area (Å²) in [6.07, 6.45) is 0.961. The third kappa shape index (κ3) is 5.13. The summed E-state index contributed by atoms with van der Waals surface area (Å²) in [7, 11) is 0. The van der Waals surface area contributed by atoms with Gasteiger partial charge in [0.25, 0.3) is 5.91 Å². The fraction of sp³-hybridized carbons (Fsp3) is 0.562. The Morgan fingerprint density at radius 1 is 1.23 bits per heavy atom. The van der Waals surface area contributed by atoms with Gasteiger partial charge in [0.05, 0.1) is 0 Å². The average molecular weight is 348 g/mol. The van der Waals surface area contributed by atoms with Gasteiger partial charge in [-0.15, -0.1) is 0 Å². The zero-order chi connectivity index (χ0) is 16.8. The van der Waals surface area contributed by atoms with Gasteiger partial charge in [-0.25, -0.2) is 0 Å². The number of amides is 1. The van der Waals surface area contributed by atoms with E-state index in [-0.39, 0.29) is 12.0 Å². The molecular formula is C16H23Cl2NO3. The first-order chi connectivity index (χ1) is 10.4. The van der Waals surface area contributed by atoms with Gasteiger partial charge in [0.2, 0.25) is 0 Å². The van der Waals surface area contributed by atoms with Gasteiger partial charge in [0.15, 0.2) is 6.10 Å². The second-order valence-electron chi connectivity index (χ2n) is 5.50. The Morgan fingerprint density at radius 3 is 2.23 bits per heavy atom. The van der Waals surface area contributed by atoms with Crippen molar-refractivity contribution in [2.24, 2.45) is 5.41 Å². The van der Waals surface area contributed by atoms with Crippen LogP contribution in [-0.4, -0.2) is 29.3 Å². The molecule has 0 heterocycles. The number of aliphatic hydroxyl groups is 2. The average Bonchev–Trinajstić information content (AvgIpc) is 2.49. The number of hydrogen-bond donors (Lipinski definition) is 3. The van der Waals surface area contributed by atoms with Crippen molar-refractivity contribution in [2.75, 3.05) is 13.2 Å². The van der Waals surface area contributed by atoms with Crippen LogP contribution in [0.2, 0.25) is 10.0 Å². The number of benzene rings is 1. The predicted octanol–water partition coefficient (Wildman–Crippen LogP) is 3.33. The largest absolute Gasteiger partial charge is 0.396 e. The summed E-state index contributed by atoms with van der Waals surface area (Å²) >= 11 is 11.8. The van der Waals surface area contributed by atoms with Crippen LogP contribution >= 0.6 is 23.2 Å². The maximum absolute atomic E-state index is 12.1. The minimum atomic E-state index is -1.32. The monoisotopic (exact) mass is 347 g/mol. The van der Waals surface area contributed by atoms with Gasteiger partial charge in [-0.2, -0.15) is 0 Å². The molecule has 0 saturated heterocycles. The minimum Gasteiger partial charge on any atom is -0.396 e. The van der Waals surface area contributed by atoms with Gasteiger partial charge in [-0.05, 0) is 48.4 Å². The molecule has 124 valence electrons. The Hall–Kier alpha value is -0.810. The second-order valence-corrected chi connectivity index (χ2v) is 6.38. The van der Waals surface area contributed by atoms with Gasteiger partial charge in [-0.3, -0.25) is 4.79 Å². The molecule has 3 N–H and O–H groups in total. The lowest BCUT2D eigenvalue weighted by Crippen LogP contribution is -2.39. The molecule has 0 aliphatic carbocycles. The minimum absolute atomic E-state index is 0.0734. The fourth-order valence-electron chi connectivity index (χ4n) is 2.43. The first-order valence-electron chi connectivity index (χ1n) is 7.40. The molecule has 0 radical (unpaired) electrons. The fourth-order valence-corrected chi connectivity index (χ4v) is 2.98. The zero-order valence-corrected chi connectivity index (χ0v) is 14.4. The van der Waals surface area contributed by atoms with E-state index in [0.29, 0.717) is 28.6 Å². The molecular weight excluding hydrogens is 325 g/mol. The highest BCUT2D eigenvalue weighted by Crippen LogP contribution is 2.30. The Labute approximate surface area is 141 Å². The molecule has 4 nitrogen and oxygen atoms in total. The van der Waals surface area contributed by atoms with Crippen LogP contribution in [0.5, 0.6) is 0 Å². The number of carbonyl (C=O) groups excluding carboxylic acids is 1. The highest BCUT2D eigenvalue weighted by molar-refractivity contribution is 6.34. The van der Waals surface area contributed by atoms with Crippen LogP contribution in [0.3, 0.4) is 0 Å². The zero-order valence-electron chi connectivity index (χ0n) is 12.9. The molecule has 0 spiro atoms. The van der Waals surface area contributed by atoms with Crippen molar-refractivity contribution in [1.82, 2.24) is 5.32 Å². The molecule has 0 fully saturated rings. The van der Waals surface area contributed by atoms with Gasteiger partial charge >= 0.3 is 0 Å². The van der Waals surface area contributed by atoms with E-state index in [1.54, 1.807) is 0 Å². The molecule has 1 aromatic rings. The Bertz CT molecular complexity index is 484. The lowest BCUT2D eigenvalue weighted by Gasteiger charge is -2.31. The Balaban J connectivity index is 2.75. The van der Waals surface area contributed by atoms with Crippen LogP contribution in [0.25, 0.3) is 0 Å².